The van der Waals surface area contributed by atoms with Crippen LogP contribution in [0, 0.1) is 0 Å². The van der Waals surface area contributed by atoms with Crippen molar-refractivity contribution in [2.75, 3.05) is 31.8 Å². The Labute approximate surface area is 118 Å². The van der Waals surface area contributed by atoms with E-state index in [-0.39, 0.29) is 12.1 Å². The number of hydrogen-bond acceptors (Lipinski definition) is 5. The molecule has 0 spiro atoms. The molecule has 0 unspecified atom stereocenters. The van der Waals surface area contributed by atoms with Gasteiger partial charge in [0.1, 0.15) is 5.75 Å². The molecule has 0 aliphatic rings. The number of benzene rings is 1. The fourth-order valence-electron chi connectivity index (χ4n) is 1.55. The van der Waals surface area contributed by atoms with Gasteiger partial charge in [0.05, 0.1) is 24.6 Å². The smallest absolute Gasteiger partial charge is 0.337 e. The fraction of sp³-hybridized carbons (Fsp3) is 0.417. The first-order valence-electron chi connectivity index (χ1n) is 5.93. The zero-order valence-corrected chi connectivity index (χ0v) is 12.2. The van der Waals surface area contributed by atoms with Crippen molar-refractivity contribution in [3.8, 4) is 5.75 Å². The van der Waals surface area contributed by atoms with E-state index >= 15 is 0 Å². The van der Waals surface area contributed by atoms with Crippen molar-refractivity contribution < 1.29 is 23.1 Å². The summed E-state index contributed by atoms with van der Waals surface area (Å²) in [4.78, 5) is 11.1. The first kappa shape index (κ1) is 16.3. The van der Waals surface area contributed by atoms with Gasteiger partial charge in [-0.1, -0.05) is 0 Å². The summed E-state index contributed by atoms with van der Waals surface area (Å²) in [7, 11) is -1.70. The van der Waals surface area contributed by atoms with Crippen LogP contribution in [-0.4, -0.2) is 45.9 Å². The Bertz CT molecular complexity index is 571. The number of carboxylic acid groups (broad SMARTS) is 1. The van der Waals surface area contributed by atoms with Gasteiger partial charge < -0.3 is 15.2 Å². The van der Waals surface area contributed by atoms with E-state index < -0.39 is 16.0 Å². The van der Waals surface area contributed by atoms with Gasteiger partial charge in [-0.15, -0.1) is 0 Å². The summed E-state index contributed by atoms with van der Waals surface area (Å²) in [5.41, 5.74) is 0.582. The highest BCUT2D eigenvalue weighted by molar-refractivity contribution is 7.88. The summed E-state index contributed by atoms with van der Waals surface area (Å²) in [5.74, 6) is -0.490. The molecule has 0 bridgehead atoms. The van der Waals surface area contributed by atoms with Crippen molar-refractivity contribution in [2.24, 2.45) is 0 Å². The molecular formula is C12H18N2O5S. The number of methoxy groups -OCH3 is 1. The van der Waals surface area contributed by atoms with E-state index in [0.717, 1.165) is 6.26 Å². The van der Waals surface area contributed by atoms with Crippen molar-refractivity contribution in [2.45, 2.75) is 6.42 Å². The second kappa shape index (κ2) is 7.11. The van der Waals surface area contributed by atoms with Crippen LogP contribution >= 0.6 is 0 Å². The van der Waals surface area contributed by atoms with Crippen LogP contribution < -0.4 is 14.8 Å². The van der Waals surface area contributed by atoms with Gasteiger partial charge in [-0.3, -0.25) is 0 Å². The lowest BCUT2D eigenvalue weighted by molar-refractivity contribution is 0.0698. The number of hydrogen-bond donors (Lipinski definition) is 3. The minimum atomic E-state index is -3.19. The van der Waals surface area contributed by atoms with Crippen LogP contribution in [0.15, 0.2) is 18.2 Å². The van der Waals surface area contributed by atoms with Crippen molar-refractivity contribution >= 4 is 21.7 Å². The Morgan fingerprint density at radius 3 is 2.60 bits per heavy atom. The van der Waals surface area contributed by atoms with Gasteiger partial charge in [0, 0.05) is 19.2 Å². The normalized spacial score (nSPS) is 11.1. The summed E-state index contributed by atoms with van der Waals surface area (Å²) in [6.07, 6.45) is 1.62. The highest BCUT2D eigenvalue weighted by atomic mass is 32.2. The van der Waals surface area contributed by atoms with Crippen LogP contribution in [0.2, 0.25) is 0 Å². The predicted octanol–water partition coefficient (Wildman–Crippen LogP) is 0.745. The SMILES string of the molecule is COc1ccc(C(=O)O)c(NCCCNS(C)(=O)=O)c1. The molecule has 7 nitrogen and oxygen atoms in total. The highest BCUT2D eigenvalue weighted by Crippen LogP contribution is 2.22. The summed E-state index contributed by atoms with van der Waals surface area (Å²) in [5, 5.41) is 12.0. The van der Waals surface area contributed by atoms with Crippen LogP contribution in [0.5, 0.6) is 5.75 Å². The molecule has 0 aromatic heterocycles. The fourth-order valence-corrected chi connectivity index (χ4v) is 2.07. The molecule has 20 heavy (non-hydrogen) atoms. The molecular weight excluding hydrogens is 284 g/mol. The Kier molecular flexibility index (Phi) is 5.78. The molecule has 0 saturated heterocycles. The Hall–Kier alpha value is -1.80. The molecule has 0 aliphatic carbocycles. The zero-order valence-electron chi connectivity index (χ0n) is 11.3. The van der Waals surface area contributed by atoms with E-state index in [1.165, 1.54) is 13.2 Å². The standard InChI is InChI=1S/C12H18N2O5S/c1-19-9-4-5-10(12(15)16)11(8-9)13-6-3-7-14-20(2,17)18/h4-5,8,13-14H,3,6-7H2,1-2H3,(H,15,16). The maximum atomic E-state index is 11.1. The van der Waals surface area contributed by atoms with Crippen LogP contribution in [0.3, 0.4) is 0 Å². The maximum absolute atomic E-state index is 11.1. The number of sulfonamides is 1. The Morgan fingerprint density at radius 1 is 1.35 bits per heavy atom. The van der Waals surface area contributed by atoms with E-state index in [1.54, 1.807) is 12.1 Å². The van der Waals surface area contributed by atoms with E-state index in [0.29, 0.717) is 24.4 Å². The molecule has 1 aromatic carbocycles. The molecule has 0 aliphatic heterocycles. The number of rotatable bonds is 8. The minimum absolute atomic E-state index is 0.141. The topological polar surface area (TPSA) is 105 Å². The quantitative estimate of drug-likeness (QED) is 0.612. The molecule has 0 atom stereocenters. The molecule has 8 heteroatoms. The second-order valence-electron chi connectivity index (χ2n) is 4.16. The third-order valence-corrected chi connectivity index (χ3v) is 3.22. The number of carbonyl (C=O) groups is 1. The zero-order chi connectivity index (χ0) is 15.2. The van der Waals surface area contributed by atoms with Gasteiger partial charge in [0.2, 0.25) is 10.0 Å². The van der Waals surface area contributed by atoms with Gasteiger partial charge in [-0.2, -0.15) is 0 Å². The Morgan fingerprint density at radius 2 is 2.05 bits per heavy atom. The highest BCUT2D eigenvalue weighted by Gasteiger charge is 2.10. The summed E-state index contributed by atoms with van der Waals surface area (Å²) in [6, 6.07) is 4.62. The summed E-state index contributed by atoms with van der Waals surface area (Å²) in [6.45, 7) is 0.730. The number of nitrogens with one attached hydrogen (secondary N) is 2. The van der Waals surface area contributed by atoms with Crippen LogP contribution in [0.25, 0.3) is 0 Å². The number of aromatic carboxylic acids is 1. The molecule has 0 heterocycles. The van der Waals surface area contributed by atoms with E-state index in [2.05, 4.69) is 10.0 Å². The molecule has 3 N–H and O–H groups in total. The van der Waals surface area contributed by atoms with E-state index in [9.17, 15) is 13.2 Å². The molecule has 112 valence electrons. The van der Waals surface area contributed by atoms with Gasteiger partial charge >= 0.3 is 5.97 Å². The maximum Gasteiger partial charge on any atom is 0.337 e. The summed E-state index contributed by atoms with van der Waals surface area (Å²) >= 11 is 0. The molecule has 0 radical (unpaired) electrons. The molecule has 0 amide bonds. The predicted molar refractivity (Wildman–Crippen MR) is 75.9 cm³/mol. The molecule has 1 aromatic rings. The lowest BCUT2D eigenvalue weighted by atomic mass is 10.1. The summed E-state index contributed by atoms with van der Waals surface area (Å²) < 4.78 is 29.1. The monoisotopic (exact) mass is 302 g/mol. The third-order valence-electron chi connectivity index (χ3n) is 2.49. The van der Waals surface area contributed by atoms with Crippen LogP contribution in [-0.2, 0) is 10.0 Å². The molecule has 0 saturated carbocycles. The largest absolute Gasteiger partial charge is 0.497 e. The minimum Gasteiger partial charge on any atom is -0.497 e. The first-order chi connectivity index (χ1) is 9.33. The van der Waals surface area contributed by atoms with Crippen molar-refractivity contribution in [1.29, 1.82) is 0 Å². The lowest BCUT2D eigenvalue weighted by Crippen LogP contribution is -2.24. The van der Waals surface area contributed by atoms with Gasteiger partial charge in [0.25, 0.3) is 0 Å². The van der Waals surface area contributed by atoms with Gasteiger partial charge in [-0.25, -0.2) is 17.9 Å². The lowest BCUT2D eigenvalue weighted by Gasteiger charge is -2.11. The van der Waals surface area contributed by atoms with Gasteiger partial charge in [0.15, 0.2) is 0 Å². The average Bonchev–Trinajstić information content (AvgIpc) is 2.36. The van der Waals surface area contributed by atoms with Crippen LogP contribution in [0.1, 0.15) is 16.8 Å². The van der Waals surface area contributed by atoms with E-state index in [4.69, 9.17) is 9.84 Å². The van der Waals surface area contributed by atoms with Gasteiger partial charge in [-0.05, 0) is 18.6 Å². The van der Waals surface area contributed by atoms with E-state index in [1.807, 2.05) is 0 Å². The number of anilines is 1. The first-order valence-corrected chi connectivity index (χ1v) is 7.82. The molecule has 1 rings (SSSR count). The Balaban J connectivity index is 2.60. The average molecular weight is 302 g/mol. The third kappa shape index (κ3) is 5.45. The number of carboxylic acids is 1. The van der Waals surface area contributed by atoms with Crippen molar-refractivity contribution in [3.63, 3.8) is 0 Å². The second-order valence-corrected chi connectivity index (χ2v) is 6.00. The van der Waals surface area contributed by atoms with Crippen molar-refractivity contribution in [3.05, 3.63) is 23.8 Å². The number of ether oxygens (including phenoxy) is 1. The molecule has 0 fully saturated rings. The van der Waals surface area contributed by atoms with Crippen molar-refractivity contribution in [1.82, 2.24) is 4.72 Å². The van der Waals surface area contributed by atoms with Crippen LogP contribution in [0.4, 0.5) is 5.69 Å².